The van der Waals surface area contributed by atoms with Crippen LogP contribution in [0.2, 0.25) is 0 Å². The maximum Gasteiger partial charge on any atom is 1.00 e. The molecule has 0 radical (unpaired) electrons. The maximum atomic E-state index is 0. The van der Waals surface area contributed by atoms with Crippen LogP contribution in [-0.2, 0) is 0 Å². The zero-order chi connectivity index (χ0) is 0. The van der Waals surface area contributed by atoms with Gasteiger partial charge < -0.3 is 5.48 Å². The number of hydrogen-bond acceptors (Lipinski definition) is 0. The van der Waals surface area contributed by atoms with Crippen LogP contribution in [0.15, 0.2) is 0 Å². The molecular weight excluding hydrogens is 52.0 g/mol. The Hall–Kier alpha value is -0.0400. The fraction of sp³-hybridized carbons (Fsp3) is 1.00. The monoisotopic (exact) mass is 68.1 g/mol. The molecule has 0 aromatic carbocycles. The summed E-state index contributed by atoms with van der Waals surface area (Å²) in [5.41, 5.74) is 0. The van der Waals surface area contributed by atoms with Gasteiger partial charge in [-0.05, 0) is 0 Å². The van der Waals surface area contributed by atoms with Crippen molar-refractivity contribution in [3.05, 3.63) is 0 Å². The highest BCUT2D eigenvalue weighted by Gasteiger charge is -0.0755. The van der Waals surface area contributed by atoms with Gasteiger partial charge in [0.2, 0.25) is 0 Å². The number of hydrogen-bond donors (Lipinski definition) is 0. The van der Waals surface area contributed by atoms with Crippen molar-refractivity contribution < 1.29 is 8.33 Å². The zero-order valence-electron chi connectivity index (χ0n) is 2.50. The summed E-state index contributed by atoms with van der Waals surface area (Å²) in [7, 11) is 0. The van der Waals surface area contributed by atoms with E-state index in [-0.39, 0.29) is 30.6 Å². The van der Waals surface area contributed by atoms with Crippen molar-refractivity contribution in [3.63, 3.8) is 0 Å². The van der Waals surface area contributed by atoms with Crippen LogP contribution in [0.3, 0.4) is 0 Å². The van der Waals surface area contributed by atoms with E-state index in [1.165, 1.54) is 0 Å². The summed E-state index contributed by atoms with van der Waals surface area (Å²) in [5.74, 6) is 0. The Morgan fingerprint density at radius 3 is 0.750 bits per heavy atom. The van der Waals surface area contributed by atoms with Crippen molar-refractivity contribution in [2.24, 2.45) is 0 Å². The van der Waals surface area contributed by atoms with Crippen molar-refractivity contribution in [1.82, 2.24) is 0 Å². The summed E-state index contributed by atoms with van der Waals surface area (Å²) in [5, 5.41) is 0. The molecule has 0 spiro atoms. The molecule has 32 valence electrons. The summed E-state index contributed by atoms with van der Waals surface area (Å²) in [6.45, 7) is 0. The van der Waals surface area contributed by atoms with Crippen molar-refractivity contribution in [1.29, 1.82) is 0 Å². The van der Waals surface area contributed by atoms with Gasteiger partial charge in [0.25, 0.3) is 0 Å². The van der Waals surface area contributed by atoms with Gasteiger partial charge in [0, 0.05) is 0 Å². The summed E-state index contributed by atoms with van der Waals surface area (Å²) in [6.07, 6.45) is 0. The van der Waals surface area contributed by atoms with Gasteiger partial charge >= 0.3 is 2.85 Å². The first kappa shape index (κ1) is 21700. The van der Waals surface area contributed by atoms with Crippen LogP contribution in [0.1, 0.15) is 25.1 Å². The van der Waals surface area contributed by atoms with Crippen LogP contribution in [0.5, 0.6) is 0 Å². The van der Waals surface area contributed by atoms with Crippen LogP contribution in [-0.4, -0.2) is 5.48 Å². The zero-order valence-corrected chi connectivity index (χ0v) is 0.500. The van der Waals surface area contributed by atoms with E-state index in [1.807, 2.05) is 0 Å². The molecule has 0 bridgehead atoms. The third-order valence-electron chi connectivity index (χ3n) is 0. The second kappa shape index (κ2) is 7110. The highest BCUT2D eigenvalue weighted by molar-refractivity contribution is 2.51. The molecule has 0 rings (SSSR count). The third-order valence-corrected chi connectivity index (χ3v) is 0. The van der Waals surface area contributed by atoms with Crippen molar-refractivity contribution in [2.75, 3.05) is 0 Å². The highest BCUT2D eigenvalue weighted by Crippen LogP contribution is 0.146. The van der Waals surface area contributed by atoms with E-state index in [0.29, 0.717) is 0 Å². The molecule has 0 amide bonds. The van der Waals surface area contributed by atoms with E-state index >= 15 is 0 Å². The van der Waals surface area contributed by atoms with E-state index < -0.39 is 0 Å². The highest BCUT2D eigenvalue weighted by atomic mass is 16.0. The van der Waals surface area contributed by atoms with Crippen LogP contribution in [0.25, 0.3) is 0 Å². The average molecular weight is 68.2 g/mol. The molecule has 0 saturated heterocycles. The minimum absolute atomic E-state index is 0. The van der Waals surface area contributed by atoms with E-state index in [0.717, 1.165) is 0 Å². The molecule has 0 aliphatic heterocycles. The lowest BCUT2D eigenvalue weighted by molar-refractivity contribution is 0.824. The Morgan fingerprint density at radius 1 is 0.750 bits per heavy atom. The summed E-state index contributed by atoms with van der Waals surface area (Å²) < 4.78 is 0. The van der Waals surface area contributed by atoms with Gasteiger partial charge in [0.15, 0.2) is 0 Å². The molecule has 0 aromatic rings. The quantitative estimate of drug-likeness (QED) is 0.410. The lowest BCUT2D eigenvalue weighted by atomic mass is 12.0. The minimum Gasteiger partial charge on any atom is -0.412 e. The van der Waals surface area contributed by atoms with Gasteiger partial charge in [-0.2, -0.15) is 0 Å². The average Bonchev–Trinajstić information content (AvgIpc) is 0. The Labute approximate surface area is 31.9 Å². The largest absolute Gasteiger partial charge is 1.00 e. The standard InChI is InChI=1S/3CH4.H2O/h3*1H4;1H2/p+2. The molecule has 0 heterocycles. The summed E-state index contributed by atoms with van der Waals surface area (Å²) in [6, 6.07) is 0. The van der Waals surface area contributed by atoms with E-state index in [9.17, 15) is 0 Å². The molecule has 0 aromatic heterocycles. The van der Waals surface area contributed by atoms with Crippen LogP contribution in [0, 0.1) is 0 Å². The minimum atomic E-state index is 0. The van der Waals surface area contributed by atoms with Gasteiger partial charge in [-0.15, -0.1) is 0 Å². The normalized spacial score (nSPS) is 0. The first-order chi connectivity index (χ1) is 0. The SMILES string of the molecule is C.C.C.O.[H+].[H+]. The lowest BCUT2D eigenvalue weighted by Gasteiger charge is -0.412. The second-order valence-corrected chi connectivity index (χ2v) is 0. The fourth-order valence-electron chi connectivity index (χ4n) is 0. The van der Waals surface area contributed by atoms with Gasteiger partial charge in [-0.25, -0.2) is 0 Å². The molecule has 1 heteroatoms. The molecule has 0 aliphatic carbocycles. The second-order valence-electron chi connectivity index (χ2n) is 0. The molecule has 4 heavy (non-hydrogen) atoms. The molecule has 0 unspecified atom stereocenters. The lowest BCUT2D eigenvalue weighted by Crippen LogP contribution is -0.289. The first-order valence-corrected chi connectivity index (χ1v) is 0. The summed E-state index contributed by atoms with van der Waals surface area (Å²) >= 11 is 0. The molecular formula is C3H16O+2. The molecule has 0 aliphatic rings. The fourth-order valence-corrected chi connectivity index (χ4v) is 0. The first-order valence-electron chi connectivity index (χ1n) is 0. The van der Waals surface area contributed by atoms with Crippen LogP contribution < -0.4 is 0 Å². The predicted octanol–water partition coefficient (Wildman–Crippen LogP) is 1.31. The van der Waals surface area contributed by atoms with Gasteiger partial charge in [0.05, 0.1) is 0 Å². The predicted molar refractivity (Wildman–Crippen MR) is 26.0 cm³/mol. The van der Waals surface area contributed by atoms with Gasteiger partial charge in [-0.3, -0.25) is 0 Å². The molecule has 0 atom stereocenters. The van der Waals surface area contributed by atoms with E-state index in [1.54, 1.807) is 0 Å². The molecule has 0 saturated carbocycles. The van der Waals surface area contributed by atoms with Crippen molar-refractivity contribution >= 4 is 0 Å². The Kier molecular flexibility index (Phi) is 38500000. The van der Waals surface area contributed by atoms with E-state index in [4.69, 9.17) is 0 Å². The topological polar surface area (TPSA) is 31.5 Å². The van der Waals surface area contributed by atoms with E-state index in [2.05, 4.69) is 0 Å². The maximum absolute atomic E-state index is 0. The molecule has 0 fully saturated rings. The summed E-state index contributed by atoms with van der Waals surface area (Å²) in [4.78, 5) is 0. The number of rotatable bonds is 0. The Balaban J connectivity index is 0. The third kappa shape index (κ3) is 1130. The molecule has 2 N–H and O–H groups in total. The van der Waals surface area contributed by atoms with Crippen molar-refractivity contribution in [2.45, 2.75) is 22.3 Å². The van der Waals surface area contributed by atoms with Crippen molar-refractivity contribution in [3.8, 4) is 0 Å². The molecule has 1 nitrogen and oxygen atoms in total. The van der Waals surface area contributed by atoms with Crippen LogP contribution in [0.4, 0.5) is 0 Å². The van der Waals surface area contributed by atoms with Gasteiger partial charge in [-0.1, -0.05) is 22.3 Å². The Bertz CT molecular complexity index is 8.75. The van der Waals surface area contributed by atoms with Gasteiger partial charge in [0.1, 0.15) is 0 Å². The Morgan fingerprint density at radius 2 is 0.750 bits per heavy atom. The van der Waals surface area contributed by atoms with Crippen LogP contribution >= 0.6 is 0 Å². The smallest absolute Gasteiger partial charge is 0.412 e.